The predicted octanol–water partition coefficient (Wildman–Crippen LogP) is 2.81. The van der Waals surface area contributed by atoms with Gasteiger partial charge in [0.2, 0.25) is 0 Å². The number of hydrogen-bond donors (Lipinski definition) is 2. The third kappa shape index (κ3) is 3.40. The lowest BCUT2D eigenvalue weighted by atomic mass is 10.1. The summed E-state index contributed by atoms with van der Waals surface area (Å²) in [7, 11) is 0. The van der Waals surface area contributed by atoms with E-state index in [1.165, 1.54) is 12.1 Å². The van der Waals surface area contributed by atoms with Crippen LogP contribution in [-0.4, -0.2) is 19.3 Å². The summed E-state index contributed by atoms with van der Waals surface area (Å²) in [5.74, 6) is -0.638. The van der Waals surface area contributed by atoms with Crippen LogP contribution in [0.4, 0.5) is 14.5 Å². The molecule has 1 aliphatic heterocycles. The molecule has 3 nitrogen and oxygen atoms in total. The number of rotatable bonds is 5. The highest BCUT2D eigenvalue weighted by Crippen LogP contribution is 2.19. The largest absolute Gasteiger partial charge is 0.370 e. The Morgan fingerprint density at radius 2 is 1.85 bits per heavy atom. The van der Waals surface area contributed by atoms with Crippen molar-refractivity contribution in [3.05, 3.63) is 41.7 Å². The molecule has 0 saturated heterocycles. The van der Waals surface area contributed by atoms with Crippen LogP contribution in [0.1, 0.15) is 20.8 Å². The van der Waals surface area contributed by atoms with E-state index in [-0.39, 0.29) is 6.17 Å². The Hall–Kier alpha value is -1.78. The van der Waals surface area contributed by atoms with Gasteiger partial charge in [0, 0.05) is 30.2 Å². The van der Waals surface area contributed by atoms with Gasteiger partial charge < -0.3 is 15.5 Å². The van der Waals surface area contributed by atoms with Crippen molar-refractivity contribution in [1.82, 2.24) is 10.6 Å². The summed E-state index contributed by atoms with van der Waals surface area (Å²) in [6.07, 6.45) is 2.15. The molecule has 5 heteroatoms. The molecular weight excluding hydrogens is 260 g/mol. The van der Waals surface area contributed by atoms with Gasteiger partial charge >= 0.3 is 0 Å². The molecule has 0 radical (unpaired) electrons. The predicted molar refractivity (Wildman–Crippen MR) is 77.2 cm³/mol. The molecule has 0 aromatic heterocycles. The fourth-order valence-electron chi connectivity index (χ4n) is 2.24. The highest BCUT2D eigenvalue weighted by molar-refractivity contribution is 5.48. The molecule has 1 aliphatic rings. The standard InChI is InChI=1S/C15H21F2N3/c1-4-20(14-6-11(16)5-12(17)7-14)9-13-8-18-15(19-13)10(2)3/h5-8,10,15,18-19H,4,9H2,1-3H3. The molecule has 2 rings (SSSR count). The summed E-state index contributed by atoms with van der Waals surface area (Å²) in [6.45, 7) is 7.48. The van der Waals surface area contributed by atoms with Gasteiger partial charge in [-0.15, -0.1) is 0 Å². The highest BCUT2D eigenvalue weighted by atomic mass is 19.1. The van der Waals surface area contributed by atoms with Gasteiger partial charge in [0.05, 0.1) is 12.7 Å². The second-order valence-corrected chi connectivity index (χ2v) is 5.34. The van der Waals surface area contributed by atoms with Crippen LogP contribution in [0.15, 0.2) is 30.1 Å². The van der Waals surface area contributed by atoms with E-state index in [1.54, 1.807) is 0 Å². The van der Waals surface area contributed by atoms with E-state index in [0.29, 0.717) is 24.7 Å². The Balaban J connectivity index is 2.06. The normalized spacial score (nSPS) is 17.7. The van der Waals surface area contributed by atoms with Crippen molar-refractivity contribution in [3.63, 3.8) is 0 Å². The first-order valence-electron chi connectivity index (χ1n) is 6.92. The first-order chi connectivity index (χ1) is 9.49. The van der Waals surface area contributed by atoms with Crippen LogP contribution >= 0.6 is 0 Å². The molecule has 0 fully saturated rings. The molecule has 1 aromatic carbocycles. The maximum absolute atomic E-state index is 13.3. The monoisotopic (exact) mass is 281 g/mol. The van der Waals surface area contributed by atoms with Gasteiger partial charge in [-0.05, 0) is 25.0 Å². The fourth-order valence-corrected chi connectivity index (χ4v) is 2.24. The van der Waals surface area contributed by atoms with Crippen molar-refractivity contribution in [1.29, 1.82) is 0 Å². The molecule has 0 bridgehead atoms. The van der Waals surface area contributed by atoms with E-state index in [4.69, 9.17) is 0 Å². The Morgan fingerprint density at radius 1 is 1.20 bits per heavy atom. The van der Waals surface area contributed by atoms with Crippen LogP contribution in [0.2, 0.25) is 0 Å². The summed E-state index contributed by atoms with van der Waals surface area (Å²) in [6, 6.07) is 3.60. The lowest BCUT2D eigenvalue weighted by Gasteiger charge is -2.25. The highest BCUT2D eigenvalue weighted by Gasteiger charge is 2.19. The summed E-state index contributed by atoms with van der Waals surface area (Å²) < 4.78 is 26.6. The van der Waals surface area contributed by atoms with E-state index >= 15 is 0 Å². The zero-order valence-corrected chi connectivity index (χ0v) is 12.1. The van der Waals surface area contributed by atoms with Gasteiger partial charge in [-0.2, -0.15) is 0 Å². The van der Waals surface area contributed by atoms with E-state index in [2.05, 4.69) is 24.5 Å². The van der Waals surface area contributed by atoms with E-state index in [9.17, 15) is 8.78 Å². The van der Waals surface area contributed by atoms with Crippen molar-refractivity contribution in [2.45, 2.75) is 26.9 Å². The van der Waals surface area contributed by atoms with Crippen molar-refractivity contribution in [2.75, 3.05) is 18.0 Å². The molecular formula is C15H21F2N3. The molecule has 110 valence electrons. The number of halogens is 2. The van der Waals surface area contributed by atoms with Crippen LogP contribution in [0.5, 0.6) is 0 Å². The first kappa shape index (κ1) is 14.6. The Morgan fingerprint density at radius 3 is 2.35 bits per heavy atom. The minimum absolute atomic E-state index is 0.216. The SMILES string of the molecule is CCN(CC1=CNC(C(C)C)N1)c1cc(F)cc(F)c1. The van der Waals surface area contributed by atoms with Crippen LogP contribution in [0.25, 0.3) is 0 Å². The third-order valence-corrected chi connectivity index (χ3v) is 3.40. The molecule has 1 atom stereocenters. The maximum atomic E-state index is 13.3. The lowest BCUT2D eigenvalue weighted by Crippen LogP contribution is -2.39. The van der Waals surface area contributed by atoms with Crippen molar-refractivity contribution < 1.29 is 8.78 Å². The van der Waals surface area contributed by atoms with Gasteiger partial charge in [-0.3, -0.25) is 0 Å². The summed E-state index contributed by atoms with van der Waals surface area (Å²) >= 11 is 0. The molecule has 1 aromatic rings. The number of nitrogens with one attached hydrogen (secondary N) is 2. The molecule has 0 saturated carbocycles. The number of likely N-dealkylation sites (N-methyl/N-ethyl adjacent to an activating group) is 1. The smallest absolute Gasteiger partial charge is 0.128 e. The van der Waals surface area contributed by atoms with Crippen LogP contribution in [0, 0.1) is 17.6 Å². The first-order valence-corrected chi connectivity index (χ1v) is 6.92. The Kier molecular flexibility index (Phi) is 4.47. The van der Waals surface area contributed by atoms with Gasteiger partial charge in [0.25, 0.3) is 0 Å². The average Bonchev–Trinajstić information content (AvgIpc) is 2.83. The molecule has 1 heterocycles. The number of benzene rings is 1. The van der Waals surface area contributed by atoms with Crippen LogP contribution < -0.4 is 15.5 Å². The second kappa shape index (κ2) is 6.11. The third-order valence-electron chi connectivity index (χ3n) is 3.40. The molecule has 0 amide bonds. The molecule has 20 heavy (non-hydrogen) atoms. The van der Waals surface area contributed by atoms with E-state index in [0.717, 1.165) is 11.8 Å². The zero-order chi connectivity index (χ0) is 14.7. The molecule has 0 spiro atoms. The van der Waals surface area contributed by atoms with E-state index in [1.807, 2.05) is 18.0 Å². The lowest BCUT2D eigenvalue weighted by molar-refractivity contribution is 0.419. The summed E-state index contributed by atoms with van der Waals surface area (Å²) in [4.78, 5) is 1.93. The minimum atomic E-state index is -0.551. The van der Waals surface area contributed by atoms with Crippen molar-refractivity contribution >= 4 is 5.69 Å². The summed E-state index contributed by atoms with van der Waals surface area (Å²) in [5.41, 5.74) is 1.58. The second-order valence-electron chi connectivity index (χ2n) is 5.34. The minimum Gasteiger partial charge on any atom is -0.370 e. The number of anilines is 1. The maximum Gasteiger partial charge on any atom is 0.128 e. The quantitative estimate of drug-likeness (QED) is 0.869. The molecule has 2 N–H and O–H groups in total. The van der Waals surface area contributed by atoms with Gasteiger partial charge in [-0.1, -0.05) is 13.8 Å². The summed E-state index contributed by atoms with van der Waals surface area (Å²) in [5, 5.41) is 6.64. The Bertz CT molecular complexity index is 480. The van der Waals surface area contributed by atoms with Gasteiger partial charge in [-0.25, -0.2) is 8.78 Å². The van der Waals surface area contributed by atoms with E-state index < -0.39 is 11.6 Å². The molecule has 1 unspecified atom stereocenters. The van der Waals surface area contributed by atoms with Crippen LogP contribution in [-0.2, 0) is 0 Å². The number of hydrogen-bond acceptors (Lipinski definition) is 3. The van der Waals surface area contributed by atoms with Gasteiger partial charge in [0.1, 0.15) is 11.6 Å². The number of nitrogens with zero attached hydrogens (tertiary/aromatic N) is 1. The van der Waals surface area contributed by atoms with Gasteiger partial charge in [0.15, 0.2) is 0 Å². The molecule has 0 aliphatic carbocycles. The van der Waals surface area contributed by atoms with Crippen molar-refractivity contribution in [2.24, 2.45) is 5.92 Å². The average molecular weight is 281 g/mol. The topological polar surface area (TPSA) is 27.3 Å². The Labute approximate surface area is 118 Å². The fraction of sp³-hybridized carbons (Fsp3) is 0.467. The van der Waals surface area contributed by atoms with Crippen molar-refractivity contribution in [3.8, 4) is 0 Å². The zero-order valence-electron chi connectivity index (χ0n) is 12.1. The van der Waals surface area contributed by atoms with Crippen LogP contribution in [0.3, 0.4) is 0 Å².